The molecule has 0 aliphatic heterocycles. The lowest BCUT2D eigenvalue weighted by molar-refractivity contribution is 0.481. The molecule has 0 amide bonds. The van der Waals surface area contributed by atoms with E-state index in [2.05, 4.69) is 0 Å². The number of rotatable bonds is 1. The molecule has 0 fully saturated rings. The first-order valence-corrected chi connectivity index (χ1v) is 6.39. The topological polar surface area (TPSA) is 0 Å². The van der Waals surface area contributed by atoms with Crippen molar-refractivity contribution in [2.45, 2.75) is 25.7 Å². The van der Waals surface area contributed by atoms with Crippen LogP contribution in [-0.2, 0) is 12.8 Å². The summed E-state index contributed by atoms with van der Waals surface area (Å²) in [7, 11) is 0. The lowest BCUT2D eigenvalue weighted by atomic mass is 9.94. The van der Waals surface area contributed by atoms with Gasteiger partial charge in [0.25, 0.3) is 0 Å². The van der Waals surface area contributed by atoms with Crippen LogP contribution in [-0.4, -0.2) is 0 Å². The molecule has 0 bridgehead atoms. The highest BCUT2D eigenvalue weighted by Gasteiger charge is 2.29. The summed E-state index contributed by atoms with van der Waals surface area (Å²) in [5, 5.41) is 0. The molecule has 0 N–H and O–H groups in total. The number of benzene rings is 2. The molecule has 0 saturated heterocycles. The Hall–Kier alpha value is -1.84. The van der Waals surface area contributed by atoms with Crippen LogP contribution in [0.3, 0.4) is 0 Å². The third-order valence-corrected chi connectivity index (χ3v) is 3.96. The summed E-state index contributed by atoms with van der Waals surface area (Å²) in [6.45, 7) is 1.49. The highest BCUT2D eigenvalue weighted by atomic mass is 19.2. The van der Waals surface area contributed by atoms with Crippen LogP contribution in [0.4, 0.5) is 17.6 Å². The average Bonchev–Trinajstić information content (AvgIpc) is 2.85. The molecule has 0 spiro atoms. The fourth-order valence-electron chi connectivity index (χ4n) is 2.82. The van der Waals surface area contributed by atoms with Crippen LogP contribution in [0, 0.1) is 30.2 Å². The van der Waals surface area contributed by atoms with Gasteiger partial charge in [0.15, 0.2) is 23.3 Å². The van der Waals surface area contributed by atoms with Gasteiger partial charge in [-0.15, -0.1) is 0 Å². The molecule has 1 atom stereocenters. The Kier molecular flexibility index (Phi) is 3.04. The fourth-order valence-corrected chi connectivity index (χ4v) is 2.82. The van der Waals surface area contributed by atoms with Crippen LogP contribution in [0.1, 0.15) is 28.2 Å². The standard InChI is InChI=1S/C16H12F4/c1-8-2-4-11(16(20)14(8)18)10-6-9-3-5-13(17)15(19)12(9)7-10/h2-5,10H,6-7H2,1H3. The molecule has 2 aromatic rings. The zero-order valence-electron chi connectivity index (χ0n) is 10.8. The van der Waals surface area contributed by atoms with Gasteiger partial charge in [0.05, 0.1) is 0 Å². The minimum absolute atomic E-state index is 0.193. The lowest BCUT2D eigenvalue weighted by Gasteiger charge is -2.12. The molecule has 1 aliphatic carbocycles. The lowest BCUT2D eigenvalue weighted by Crippen LogP contribution is -2.04. The second kappa shape index (κ2) is 4.62. The molecule has 104 valence electrons. The van der Waals surface area contributed by atoms with E-state index >= 15 is 0 Å². The molecule has 0 radical (unpaired) electrons. The maximum atomic E-state index is 14.0. The van der Waals surface area contributed by atoms with Crippen molar-refractivity contribution in [1.82, 2.24) is 0 Å². The average molecular weight is 280 g/mol. The van der Waals surface area contributed by atoms with Crippen molar-refractivity contribution >= 4 is 0 Å². The first kappa shape index (κ1) is 13.2. The Balaban J connectivity index is 2.01. The summed E-state index contributed by atoms with van der Waals surface area (Å²) in [5.41, 5.74) is 1.40. The molecule has 0 heterocycles. The second-order valence-electron chi connectivity index (χ2n) is 5.20. The molecular formula is C16H12F4. The van der Waals surface area contributed by atoms with Crippen LogP contribution in [0.5, 0.6) is 0 Å². The monoisotopic (exact) mass is 280 g/mol. The van der Waals surface area contributed by atoms with E-state index in [0.717, 1.165) is 6.07 Å². The van der Waals surface area contributed by atoms with Gasteiger partial charge in [-0.2, -0.15) is 0 Å². The summed E-state index contributed by atoms with van der Waals surface area (Å²) < 4.78 is 54.5. The number of hydrogen-bond acceptors (Lipinski definition) is 0. The predicted molar refractivity (Wildman–Crippen MR) is 67.6 cm³/mol. The fraction of sp³-hybridized carbons (Fsp3) is 0.250. The van der Waals surface area contributed by atoms with Crippen LogP contribution in [0.15, 0.2) is 24.3 Å². The van der Waals surface area contributed by atoms with Gasteiger partial charge in [-0.1, -0.05) is 18.2 Å². The Morgan fingerprint density at radius 3 is 2.35 bits per heavy atom. The van der Waals surface area contributed by atoms with Crippen molar-refractivity contribution in [2.75, 3.05) is 0 Å². The number of halogens is 4. The molecular weight excluding hydrogens is 268 g/mol. The minimum atomic E-state index is -0.903. The van der Waals surface area contributed by atoms with Gasteiger partial charge in [0.1, 0.15) is 0 Å². The third-order valence-electron chi connectivity index (χ3n) is 3.96. The summed E-state index contributed by atoms with van der Waals surface area (Å²) in [6.07, 6.45) is 0.588. The van der Waals surface area contributed by atoms with Crippen LogP contribution in [0.2, 0.25) is 0 Å². The van der Waals surface area contributed by atoms with Gasteiger partial charge in [0, 0.05) is 0 Å². The highest BCUT2D eigenvalue weighted by molar-refractivity contribution is 5.40. The normalized spacial score (nSPS) is 17.4. The molecule has 1 aliphatic rings. The second-order valence-corrected chi connectivity index (χ2v) is 5.20. The largest absolute Gasteiger partial charge is 0.204 e. The minimum Gasteiger partial charge on any atom is -0.204 e. The zero-order chi connectivity index (χ0) is 14.4. The van der Waals surface area contributed by atoms with E-state index in [1.807, 2.05) is 0 Å². The molecule has 0 aromatic heterocycles. The van der Waals surface area contributed by atoms with Crippen molar-refractivity contribution in [1.29, 1.82) is 0 Å². The van der Waals surface area contributed by atoms with E-state index in [1.54, 1.807) is 0 Å². The van der Waals surface area contributed by atoms with Gasteiger partial charge in [-0.25, -0.2) is 17.6 Å². The van der Waals surface area contributed by atoms with Gasteiger partial charge < -0.3 is 0 Å². The van der Waals surface area contributed by atoms with Crippen molar-refractivity contribution in [2.24, 2.45) is 0 Å². The molecule has 4 heteroatoms. The van der Waals surface area contributed by atoms with Crippen LogP contribution in [0.25, 0.3) is 0 Å². The molecule has 1 unspecified atom stereocenters. The van der Waals surface area contributed by atoms with E-state index in [9.17, 15) is 17.6 Å². The van der Waals surface area contributed by atoms with E-state index < -0.39 is 23.3 Å². The van der Waals surface area contributed by atoms with Gasteiger partial charge in [-0.05, 0) is 54.0 Å². The summed E-state index contributed by atoms with van der Waals surface area (Å²) in [5.74, 6) is -3.89. The highest BCUT2D eigenvalue weighted by Crippen LogP contribution is 2.37. The Morgan fingerprint density at radius 1 is 0.850 bits per heavy atom. The van der Waals surface area contributed by atoms with Crippen LogP contribution >= 0.6 is 0 Å². The molecule has 0 saturated carbocycles. The van der Waals surface area contributed by atoms with Crippen molar-refractivity contribution in [3.8, 4) is 0 Å². The number of hydrogen-bond donors (Lipinski definition) is 0. The van der Waals surface area contributed by atoms with Crippen LogP contribution < -0.4 is 0 Å². The van der Waals surface area contributed by atoms with Gasteiger partial charge in [-0.3, -0.25) is 0 Å². The van der Waals surface area contributed by atoms with Gasteiger partial charge in [0.2, 0.25) is 0 Å². The summed E-state index contributed by atoms with van der Waals surface area (Å²) >= 11 is 0. The smallest absolute Gasteiger partial charge is 0.162 e. The van der Waals surface area contributed by atoms with Crippen molar-refractivity contribution in [3.05, 3.63) is 69.8 Å². The summed E-state index contributed by atoms with van der Waals surface area (Å²) in [4.78, 5) is 0. The maximum absolute atomic E-state index is 14.0. The first-order valence-electron chi connectivity index (χ1n) is 6.39. The zero-order valence-corrected chi connectivity index (χ0v) is 10.8. The molecule has 3 rings (SSSR count). The molecule has 0 nitrogen and oxygen atoms in total. The Bertz CT molecular complexity index is 691. The van der Waals surface area contributed by atoms with E-state index in [-0.39, 0.29) is 29.0 Å². The predicted octanol–water partition coefficient (Wildman–Crippen LogP) is 4.43. The number of aryl methyl sites for hydroxylation is 1. The molecule has 20 heavy (non-hydrogen) atoms. The van der Waals surface area contributed by atoms with E-state index in [0.29, 0.717) is 12.0 Å². The maximum Gasteiger partial charge on any atom is 0.162 e. The van der Waals surface area contributed by atoms with E-state index in [1.165, 1.54) is 25.1 Å². The summed E-state index contributed by atoms with van der Waals surface area (Å²) in [6, 6.07) is 5.62. The Labute approximate surface area is 114 Å². The molecule has 2 aromatic carbocycles. The van der Waals surface area contributed by atoms with Crippen molar-refractivity contribution < 1.29 is 17.6 Å². The van der Waals surface area contributed by atoms with E-state index in [4.69, 9.17) is 0 Å². The Morgan fingerprint density at radius 2 is 1.60 bits per heavy atom. The number of fused-ring (bicyclic) bond motifs is 1. The first-order chi connectivity index (χ1) is 9.49. The van der Waals surface area contributed by atoms with Gasteiger partial charge >= 0.3 is 0 Å². The quantitative estimate of drug-likeness (QED) is 0.678. The SMILES string of the molecule is Cc1ccc(C2Cc3ccc(F)c(F)c3C2)c(F)c1F. The van der Waals surface area contributed by atoms with Crippen molar-refractivity contribution in [3.63, 3.8) is 0 Å². The third kappa shape index (κ3) is 1.90.